The average Bonchev–Trinajstić information content (AvgIpc) is 2.72. The number of para-hydroxylation sites is 2. The average molecular weight is 377 g/mol. The van der Waals surface area contributed by atoms with Crippen molar-refractivity contribution < 1.29 is 14.3 Å². The Labute approximate surface area is 164 Å². The van der Waals surface area contributed by atoms with E-state index in [9.17, 15) is 4.79 Å². The van der Waals surface area contributed by atoms with Crippen LogP contribution in [0.1, 0.15) is 24.2 Å². The summed E-state index contributed by atoms with van der Waals surface area (Å²) in [5.41, 5.74) is 1.99. The fourth-order valence-electron chi connectivity index (χ4n) is 2.60. The Morgan fingerprint density at radius 2 is 1.68 bits per heavy atom. The van der Waals surface area contributed by atoms with Gasteiger partial charge in [0.25, 0.3) is 5.91 Å². The molecule has 1 amide bonds. The van der Waals surface area contributed by atoms with Gasteiger partial charge in [-0.15, -0.1) is 0 Å². The third-order valence-corrected chi connectivity index (χ3v) is 3.90. The Balaban J connectivity index is 1.64. The molecule has 144 valence electrons. The summed E-state index contributed by atoms with van der Waals surface area (Å²) in [5.74, 6) is 1.93. The maximum atomic E-state index is 12.4. The van der Waals surface area contributed by atoms with Crippen LogP contribution in [0.3, 0.4) is 0 Å². The minimum atomic E-state index is -0.224. The molecule has 28 heavy (non-hydrogen) atoms. The van der Waals surface area contributed by atoms with Crippen LogP contribution in [0.25, 0.3) is 0 Å². The standard InChI is InChI=1S/C22H23N3O3/c1-3-27-18-12-10-17(11-13-18)24-22(26)16-9-14-21(23-15-16)25-19-7-5-6-8-20(19)28-4-2/h5-15H,3-4H2,1-2H3,(H,23,25)(H,24,26). The number of pyridine rings is 1. The quantitative estimate of drug-likeness (QED) is 0.586. The van der Waals surface area contributed by atoms with E-state index in [-0.39, 0.29) is 5.91 Å². The summed E-state index contributed by atoms with van der Waals surface area (Å²) in [6.07, 6.45) is 1.54. The van der Waals surface area contributed by atoms with Crippen LogP contribution in [-0.4, -0.2) is 24.1 Å². The van der Waals surface area contributed by atoms with Gasteiger partial charge >= 0.3 is 0 Å². The van der Waals surface area contributed by atoms with Crippen molar-refractivity contribution in [1.29, 1.82) is 0 Å². The van der Waals surface area contributed by atoms with Gasteiger partial charge in [0.1, 0.15) is 17.3 Å². The lowest BCUT2D eigenvalue weighted by Crippen LogP contribution is -2.12. The van der Waals surface area contributed by atoms with E-state index in [4.69, 9.17) is 9.47 Å². The number of ether oxygens (including phenoxy) is 2. The normalized spacial score (nSPS) is 10.2. The van der Waals surface area contributed by atoms with Crippen molar-refractivity contribution in [3.8, 4) is 11.5 Å². The topological polar surface area (TPSA) is 72.5 Å². The highest BCUT2D eigenvalue weighted by Gasteiger charge is 2.08. The van der Waals surface area contributed by atoms with E-state index in [1.807, 2.05) is 50.2 Å². The van der Waals surface area contributed by atoms with Crippen LogP contribution in [0.4, 0.5) is 17.2 Å². The number of hydrogen-bond acceptors (Lipinski definition) is 5. The number of carbonyl (C=O) groups excluding carboxylic acids is 1. The molecule has 1 aromatic heterocycles. The molecule has 0 unspecified atom stereocenters. The molecule has 2 N–H and O–H groups in total. The van der Waals surface area contributed by atoms with Crippen molar-refractivity contribution >= 4 is 23.1 Å². The highest BCUT2D eigenvalue weighted by molar-refractivity contribution is 6.04. The molecule has 0 spiro atoms. The molecule has 0 aliphatic carbocycles. The highest BCUT2D eigenvalue weighted by atomic mass is 16.5. The number of carbonyl (C=O) groups is 1. The van der Waals surface area contributed by atoms with Gasteiger partial charge in [-0.2, -0.15) is 0 Å². The van der Waals surface area contributed by atoms with Crippen LogP contribution < -0.4 is 20.1 Å². The first kappa shape index (κ1) is 19.2. The van der Waals surface area contributed by atoms with Gasteiger partial charge < -0.3 is 20.1 Å². The maximum Gasteiger partial charge on any atom is 0.257 e. The number of anilines is 3. The van der Waals surface area contributed by atoms with Crippen molar-refractivity contribution in [2.24, 2.45) is 0 Å². The number of aromatic nitrogens is 1. The van der Waals surface area contributed by atoms with Gasteiger partial charge in [0, 0.05) is 11.9 Å². The minimum absolute atomic E-state index is 0.224. The van der Waals surface area contributed by atoms with E-state index >= 15 is 0 Å². The Kier molecular flexibility index (Phi) is 6.46. The van der Waals surface area contributed by atoms with E-state index in [0.29, 0.717) is 30.3 Å². The smallest absolute Gasteiger partial charge is 0.257 e. The number of rotatable bonds is 8. The second-order valence-corrected chi connectivity index (χ2v) is 5.90. The molecule has 6 heteroatoms. The lowest BCUT2D eigenvalue weighted by Gasteiger charge is -2.12. The second kappa shape index (κ2) is 9.41. The number of amides is 1. The largest absolute Gasteiger partial charge is 0.494 e. The molecule has 0 saturated heterocycles. The van der Waals surface area contributed by atoms with Gasteiger partial charge in [-0.25, -0.2) is 4.98 Å². The molecule has 3 rings (SSSR count). The third-order valence-electron chi connectivity index (χ3n) is 3.90. The van der Waals surface area contributed by atoms with Gasteiger partial charge in [0.2, 0.25) is 0 Å². The van der Waals surface area contributed by atoms with E-state index in [1.165, 1.54) is 6.20 Å². The van der Waals surface area contributed by atoms with Gasteiger partial charge in [-0.1, -0.05) is 12.1 Å². The summed E-state index contributed by atoms with van der Waals surface area (Å²) in [4.78, 5) is 16.7. The Bertz CT molecular complexity index is 909. The van der Waals surface area contributed by atoms with Gasteiger partial charge in [-0.05, 0) is 62.4 Å². The molecule has 0 aliphatic rings. The van der Waals surface area contributed by atoms with E-state index < -0.39 is 0 Å². The molecular weight excluding hydrogens is 354 g/mol. The van der Waals surface area contributed by atoms with Crippen molar-refractivity contribution in [1.82, 2.24) is 4.98 Å². The zero-order valence-electron chi connectivity index (χ0n) is 15.9. The molecule has 0 bridgehead atoms. The van der Waals surface area contributed by atoms with Crippen molar-refractivity contribution in [2.45, 2.75) is 13.8 Å². The SMILES string of the molecule is CCOc1ccc(NC(=O)c2ccc(Nc3ccccc3OCC)nc2)cc1. The molecule has 0 atom stereocenters. The predicted octanol–water partition coefficient (Wildman–Crippen LogP) is 4.87. The number of benzene rings is 2. The predicted molar refractivity (Wildman–Crippen MR) is 111 cm³/mol. The summed E-state index contributed by atoms with van der Waals surface area (Å²) in [7, 11) is 0. The van der Waals surface area contributed by atoms with Crippen molar-refractivity contribution in [3.05, 3.63) is 72.4 Å². The first-order valence-corrected chi connectivity index (χ1v) is 9.18. The fourth-order valence-corrected chi connectivity index (χ4v) is 2.60. The van der Waals surface area contributed by atoms with E-state index in [2.05, 4.69) is 15.6 Å². The zero-order chi connectivity index (χ0) is 19.8. The summed E-state index contributed by atoms with van der Waals surface area (Å²) < 4.78 is 11.0. The van der Waals surface area contributed by atoms with E-state index in [1.54, 1.807) is 24.3 Å². The molecule has 0 saturated carbocycles. The van der Waals surface area contributed by atoms with Crippen molar-refractivity contribution in [3.63, 3.8) is 0 Å². The molecule has 2 aromatic carbocycles. The first-order chi connectivity index (χ1) is 13.7. The molecular formula is C22H23N3O3. The Hall–Kier alpha value is -3.54. The number of nitrogens with one attached hydrogen (secondary N) is 2. The number of hydrogen-bond donors (Lipinski definition) is 2. The molecule has 0 radical (unpaired) electrons. The summed E-state index contributed by atoms with van der Waals surface area (Å²) in [6, 6.07) is 18.4. The van der Waals surface area contributed by atoms with Crippen LogP contribution in [0.2, 0.25) is 0 Å². The molecule has 1 heterocycles. The zero-order valence-corrected chi connectivity index (χ0v) is 15.9. The maximum absolute atomic E-state index is 12.4. The second-order valence-electron chi connectivity index (χ2n) is 5.90. The molecule has 3 aromatic rings. The van der Waals surface area contributed by atoms with Crippen LogP contribution in [0, 0.1) is 0 Å². The lowest BCUT2D eigenvalue weighted by atomic mass is 10.2. The highest BCUT2D eigenvalue weighted by Crippen LogP contribution is 2.26. The van der Waals surface area contributed by atoms with Crippen LogP contribution in [0.5, 0.6) is 11.5 Å². The third kappa shape index (κ3) is 5.01. The lowest BCUT2D eigenvalue weighted by molar-refractivity contribution is 0.102. The van der Waals surface area contributed by atoms with Gasteiger partial charge in [0.05, 0.1) is 24.5 Å². The van der Waals surface area contributed by atoms with E-state index in [0.717, 1.165) is 17.2 Å². The molecule has 6 nitrogen and oxygen atoms in total. The minimum Gasteiger partial charge on any atom is -0.494 e. The Morgan fingerprint density at radius 1 is 0.929 bits per heavy atom. The number of nitrogens with zero attached hydrogens (tertiary/aromatic N) is 1. The molecule has 0 fully saturated rings. The van der Waals surface area contributed by atoms with Crippen LogP contribution in [0.15, 0.2) is 66.9 Å². The van der Waals surface area contributed by atoms with Gasteiger partial charge in [-0.3, -0.25) is 4.79 Å². The van der Waals surface area contributed by atoms with Crippen LogP contribution in [-0.2, 0) is 0 Å². The summed E-state index contributed by atoms with van der Waals surface area (Å²) in [5, 5.41) is 6.06. The summed E-state index contributed by atoms with van der Waals surface area (Å²) in [6.45, 7) is 5.05. The first-order valence-electron chi connectivity index (χ1n) is 9.18. The fraction of sp³-hybridized carbons (Fsp3) is 0.182. The molecule has 0 aliphatic heterocycles. The summed E-state index contributed by atoms with van der Waals surface area (Å²) >= 11 is 0. The van der Waals surface area contributed by atoms with Gasteiger partial charge in [0.15, 0.2) is 0 Å². The van der Waals surface area contributed by atoms with Crippen molar-refractivity contribution in [2.75, 3.05) is 23.8 Å². The monoisotopic (exact) mass is 377 g/mol. The Morgan fingerprint density at radius 3 is 2.36 bits per heavy atom. The van der Waals surface area contributed by atoms with Crippen LogP contribution >= 0.6 is 0 Å².